The molecule has 0 unspecified atom stereocenters. The fourth-order valence-electron chi connectivity index (χ4n) is 2.11. The van der Waals surface area contributed by atoms with Crippen LogP contribution in [0.15, 0.2) is 53.0 Å². The van der Waals surface area contributed by atoms with Crippen LogP contribution in [0.25, 0.3) is 0 Å². The van der Waals surface area contributed by atoms with Crippen LogP contribution in [0.2, 0.25) is 0 Å². The Labute approximate surface area is 140 Å². The minimum atomic E-state index is -0.107. The molecule has 22 heavy (non-hydrogen) atoms. The standard InChI is InChI=1S/C18H21BrN2O/c1-14-2-4-15(5-3-14)10-12-20-18(22)21-13-11-16-6-8-17(19)9-7-16/h2-9H,10-13H2,1H3,(H2,20,21,22). The van der Waals surface area contributed by atoms with E-state index in [4.69, 9.17) is 0 Å². The molecule has 0 fully saturated rings. The number of halogens is 1. The number of carbonyl (C=O) groups excluding carboxylic acids is 1. The molecule has 2 N–H and O–H groups in total. The zero-order valence-electron chi connectivity index (χ0n) is 12.7. The highest BCUT2D eigenvalue weighted by Gasteiger charge is 2.00. The number of hydrogen-bond donors (Lipinski definition) is 2. The lowest BCUT2D eigenvalue weighted by atomic mass is 10.1. The highest BCUT2D eigenvalue weighted by Crippen LogP contribution is 2.10. The normalized spacial score (nSPS) is 10.3. The molecule has 4 heteroatoms. The van der Waals surface area contributed by atoms with Crippen molar-refractivity contribution < 1.29 is 4.79 Å². The van der Waals surface area contributed by atoms with E-state index in [1.54, 1.807) is 0 Å². The molecule has 0 radical (unpaired) electrons. The molecule has 2 amide bonds. The average molecular weight is 361 g/mol. The van der Waals surface area contributed by atoms with E-state index in [0.29, 0.717) is 13.1 Å². The Morgan fingerprint density at radius 1 is 0.864 bits per heavy atom. The van der Waals surface area contributed by atoms with Crippen molar-refractivity contribution in [3.63, 3.8) is 0 Å². The second-order valence-corrected chi connectivity index (χ2v) is 6.21. The third-order valence-corrected chi connectivity index (χ3v) is 3.96. The Hall–Kier alpha value is -1.81. The van der Waals surface area contributed by atoms with Gasteiger partial charge < -0.3 is 10.6 Å². The molecule has 0 aliphatic rings. The molecule has 0 bridgehead atoms. The predicted molar refractivity (Wildman–Crippen MR) is 94.1 cm³/mol. The van der Waals surface area contributed by atoms with E-state index in [1.807, 2.05) is 12.1 Å². The van der Waals surface area contributed by atoms with Crippen molar-refractivity contribution in [2.75, 3.05) is 13.1 Å². The maximum atomic E-state index is 11.7. The van der Waals surface area contributed by atoms with Gasteiger partial charge in [-0.1, -0.05) is 57.9 Å². The lowest BCUT2D eigenvalue weighted by Gasteiger charge is -2.08. The fourth-order valence-corrected chi connectivity index (χ4v) is 2.37. The summed E-state index contributed by atoms with van der Waals surface area (Å²) in [6.45, 7) is 3.35. The average Bonchev–Trinajstić information content (AvgIpc) is 2.51. The van der Waals surface area contributed by atoms with Gasteiger partial charge in [0.05, 0.1) is 0 Å². The Balaban J connectivity index is 1.61. The first-order chi connectivity index (χ1) is 10.6. The number of benzene rings is 2. The highest BCUT2D eigenvalue weighted by molar-refractivity contribution is 9.10. The molecule has 0 spiro atoms. The largest absolute Gasteiger partial charge is 0.338 e. The van der Waals surface area contributed by atoms with Crippen LogP contribution >= 0.6 is 15.9 Å². The third-order valence-electron chi connectivity index (χ3n) is 3.43. The number of rotatable bonds is 6. The second kappa shape index (κ2) is 8.59. The van der Waals surface area contributed by atoms with Gasteiger partial charge in [0.15, 0.2) is 0 Å². The van der Waals surface area contributed by atoms with E-state index in [1.165, 1.54) is 16.7 Å². The summed E-state index contributed by atoms with van der Waals surface area (Å²) >= 11 is 3.41. The quantitative estimate of drug-likeness (QED) is 0.807. The number of hydrogen-bond acceptors (Lipinski definition) is 1. The third kappa shape index (κ3) is 5.90. The summed E-state index contributed by atoms with van der Waals surface area (Å²) in [5.74, 6) is 0. The summed E-state index contributed by atoms with van der Waals surface area (Å²) in [4.78, 5) is 11.7. The molecule has 0 saturated carbocycles. The lowest BCUT2D eigenvalue weighted by Crippen LogP contribution is -2.37. The summed E-state index contributed by atoms with van der Waals surface area (Å²) in [6, 6.07) is 16.4. The Morgan fingerprint density at radius 3 is 1.82 bits per heavy atom. The first-order valence-electron chi connectivity index (χ1n) is 7.45. The van der Waals surface area contributed by atoms with Gasteiger partial charge in [-0.2, -0.15) is 0 Å². The van der Waals surface area contributed by atoms with Crippen LogP contribution in [0.5, 0.6) is 0 Å². The zero-order valence-corrected chi connectivity index (χ0v) is 14.3. The number of urea groups is 1. The minimum absolute atomic E-state index is 0.107. The van der Waals surface area contributed by atoms with Gasteiger partial charge in [0.25, 0.3) is 0 Å². The maximum Gasteiger partial charge on any atom is 0.314 e. The molecule has 0 aliphatic heterocycles. The molecule has 2 rings (SSSR count). The molecule has 0 atom stereocenters. The molecule has 0 heterocycles. The molecular weight excluding hydrogens is 340 g/mol. The summed E-state index contributed by atoms with van der Waals surface area (Å²) in [5.41, 5.74) is 3.70. The van der Waals surface area contributed by atoms with Crippen molar-refractivity contribution in [2.24, 2.45) is 0 Å². The first kappa shape index (κ1) is 16.6. The van der Waals surface area contributed by atoms with Gasteiger partial charge in [-0.05, 0) is 43.0 Å². The topological polar surface area (TPSA) is 41.1 Å². The Bertz CT molecular complexity index is 540. The maximum absolute atomic E-state index is 11.7. The van der Waals surface area contributed by atoms with Gasteiger partial charge in [-0.3, -0.25) is 0 Å². The van der Waals surface area contributed by atoms with Crippen LogP contribution in [0, 0.1) is 6.92 Å². The predicted octanol–water partition coefficient (Wildman–Crippen LogP) is 3.84. The van der Waals surface area contributed by atoms with E-state index >= 15 is 0 Å². The highest BCUT2D eigenvalue weighted by atomic mass is 79.9. The summed E-state index contributed by atoms with van der Waals surface area (Å²) in [5, 5.41) is 5.76. The smallest absolute Gasteiger partial charge is 0.314 e. The first-order valence-corrected chi connectivity index (χ1v) is 8.24. The van der Waals surface area contributed by atoms with Crippen molar-refractivity contribution in [2.45, 2.75) is 19.8 Å². The minimum Gasteiger partial charge on any atom is -0.338 e. The Kier molecular flexibility index (Phi) is 6.46. The van der Waals surface area contributed by atoms with Gasteiger partial charge in [0.1, 0.15) is 0 Å². The number of amides is 2. The van der Waals surface area contributed by atoms with Crippen LogP contribution in [0.3, 0.4) is 0 Å². The van der Waals surface area contributed by atoms with Crippen LogP contribution in [-0.4, -0.2) is 19.1 Å². The molecule has 0 aromatic heterocycles. The molecule has 116 valence electrons. The summed E-state index contributed by atoms with van der Waals surface area (Å²) in [6.07, 6.45) is 1.68. The number of carbonyl (C=O) groups is 1. The fraction of sp³-hybridized carbons (Fsp3) is 0.278. The van der Waals surface area contributed by atoms with Crippen LogP contribution in [0.4, 0.5) is 4.79 Å². The van der Waals surface area contributed by atoms with Crippen molar-refractivity contribution in [3.05, 3.63) is 69.7 Å². The molecule has 2 aromatic rings. The molecule has 3 nitrogen and oxygen atoms in total. The van der Waals surface area contributed by atoms with Crippen molar-refractivity contribution in [3.8, 4) is 0 Å². The SMILES string of the molecule is Cc1ccc(CCNC(=O)NCCc2ccc(Br)cc2)cc1. The van der Waals surface area contributed by atoms with Crippen LogP contribution < -0.4 is 10.6 Å². The van der Waals surface area contributed by atoms with E-state index in [9.17, 15) is 4.79 Å². The van der Waals surface area contributed by atoms with Gasteiger partial charge in [0.2, 0.25) is 0 Å². The second-order valence-electron chi connectivity index (χ2n) is 5.29. The Morgan fingerprint density at radius 2 is 1.32 bits per heavy atom. The van der Waals surface area contributed by atoms with Crippen molar-refractivity contribution in [1.82, 2.24) is 10.6 Å². The molecule has 0 aliphatic carbocycles. The van der Waals surface area contributed by atoms with E-state index in [0.717, 1.165) is 17.3 Å². The lowest BCUT2D eigenvalue weighted by molar-refractivity contribution is 0.241. The van der Waals surface area contributed by atoms with E-state index < -0.39 is 0 Å². The number of nitrogens with one attached hydrogen (secondary N) is 2. The molecular formula is C18H21BrN2O. The number of aryl methyl sites for hydroxylation is 1. The van der Waals surface area contributed by atoms with E-state index in [2.05, 4.69) is 69.9 Å². The van der Waals surface area contributed by atoms with Crippen molar-refractivity contribution in [1.29, 1.82) is 0 Å². The van der Waals surface area contributed by atoms with Gasteiger partial charge in [0, 0.05) is 17.6 Å². The monoisotopic (exact) mass is 360 g/mol. The van der Waals surface area contributed by atoms with Crippen LogP contribution in [0.1, 0.15) is 16.7 Å². The molecule has 0 saturated heterocycles. The molecule has 2 aromatic carbocycles. The zero-order chi connectivity index (χ0) is 15.8. The summed E-state index contributed by atoms with van der Waals surface area (Å²) < 4.78 is 1.07. The van der Waals surface area contributed by atoms with Gasteiger partial charge in [-0.15, -0.1) is 0 Å². The van der Waals surface area contributed by atoms with Gasteiger partial charge in [-0.25, -0.2) is 4.79 Å². The van der Waals surface area contributed by atoms with Crippen LogP contribution in [-0.2, 0) is 12.8 Å². The van der Waals surface area contributed by atoms with E-state index in [-0.39, 0.29) is 6.03 Å². The van der Waals surface area contributed by atoms with Crippen molar-refractivity contribution >= 4 is 22.0 Å². The van der Waals surface area contributed by atoms with Gasteiger partial charge >= 0.3 is 6.03 Å². The summed E-state index contributed by atoms with van der Waals surface area (Å²) in [7, 11) is 0.